The third-order valence-corrected chi connectivity index (χ3v) is 2.86. The van der Waals surface area contributed by atoms with Crippen molar-refractivity contribution in [2.45, 2.75) is 0 Å². The number of nitro benzene ring substituents is 2. The van der Waals surface area contributed by atoms with Gasteiger partial charge in [-0.25, -0.2) is 0 Å². The molecule has 0 amide bonds. The van der Waals surface area contributed by atoms with Gasteiger partial charge >= 0.3 is 11.4 Å². The summed E-state index contributed by atoms with van der Waals surface area (Å²) in [6, 6.07) is 2.97. The molecule has 0 atom stereocenters. The standard InChI is InChI=1S/C11H7N5O6S/c17-9-6(10(18)14-11(23)13-9)4-12-5-1-2-7(15(19)20)8(3-5)16(21)22/h1-4H,(H3,13,14,17,18,23). The average molecular weight is 337 g/mol. The lowest BCUT2D eigenvalue weighted by Crippen LogP contribution is -2.13. The highest BCUT2D eigenvalue weighted by molar-refractivity contribution is 7.71. The van der Waals surface area contributed by atoms with E-state index < -0.39 is 32.7 Å². The van der Waals surface area contributed by atoms with Gasteiger partial charge in [-0.3, -0.25) is 35.0 Å². The van der Waals surface area contributed by atoms with Gasteiger partial charge in [0.25, 0.3) is 5.56 Å². The number of hydrogen-bond donors (Lipinski definition) is 3. The Bertz CT molecular complexity index is 947. The van der Waals surface area contributed by atoms with E-state index in [1.165, 1.54) is 0 Å². The zero-order chi connectivity index (χ0) is 17.1. The van der Waals surface area contributed by atoms with Gasteiger partial charge in [-0.1, -0.05) is 0 Å². The number of aromatic amines is 2. The van der Waals surface area contributed by atoms with E-state index in [9.17, 15) is 30.1 Å². The van der Waals surface area contributed by atoms with Crippen molar-refractivity contribution in [1.82, 2.24) is 9.97 Å². The highest BCUT2D eigenvalue weighted by Crippen LogP contribution is 2.30. The second-order valence-corrected chi connectivity index (χ2v) is 4.52. The number of aromatic hydroxyl groups is 1. The molecule has 3 N–H and O–H groups in total. The number of benzene rings is 1. The molecule has 1 heterocycles. The van der Waals surface area contributed by atoms with Crippen LogP contribution < -0.4 is 5.56 Å². The fourth-order valence-corrected chi connectivity index (χ4v) is 1.83. The summed E-state index contributed by atoms with van der Waals surface area (Å²) in [6.07, 6.45) is 0.949. The molecule has 0 aliphatic heterocycles. The molecule has 2 aromatic rings. The molecule has 0 aliphatic carbocycles. The molecule has 0 aliphatic rings. The summed E-state index contributed by atoms with van der Waals surface area (Å²) < 4.78 is -0.0874. The van der Waals surface area contributed by atoms with Crippen molar-refractivity contribution in [3.05, 3.63) is 59.1 Å². The molecule has 23 heavy (non-hydrogen) atoms. The van der Waals surface area contributed by atoms with Gasteiger partial charge in [0.15, 0.2) is 4.77 Å². The smallest absolute Gasteiger partial charge is 0.348 e. The average Bonchev–Trinajstić information content (AvgIpc) is 2.45. The van der Waals surface area contributed by atoms with E-state index in [0.29, 0.717) is 0 Å². The van der Waals surface area contributed by atoms with Crippen LogP contribution in [-0.4, -0.2) is 31.1 Å². The Labute approximate surface area is 131 Å². The molecule has 12 heteroatoms. The van der Waals surface area contributed by atoms with Crippen molar-refractivity contribution in [3.8, 4) is 5.88 Å². The minimum atomic E-state index is -0.915. The molecule has 2 rings (SSSR count). The van der Waals surface area contributed by atoms with E-state index in [4.69, 9.17) is 0 Å². The number of H-pyrrole nitrogens is 2. The summed E-state index contributed by atoms with van der Waals surface area (Å²) in [5, 5.41) is 31.1. The summed E-state index contributed by atoms with van der Waals surface area (Å²) in [5.74, 6) is -0.529. The number of aromatic nitrogens is 2. The van der Waals surface area contributed by atoms with Gasteiger partial charge in [0.2, 0.25) is 5.88 Å². The van der Waals surface area contributed by atoms with Gasteiger partial charge in [0, 0.05) is 18.3 Å². The topological polar surface area (TPSA) is 168 Å². The number of hydrogen-bond acceptors (Lipinski definition) is 8. The maximum absolute atomic E-state index is 11.6. The van der Waals surface area contributed by atoms with Crippen LogP contribution in [0.15, 0.2) is 28.0 Å². The molecule has 1 aromatic carbocycles. The van der Waals surface area contributed by atoms with Crippen molar-refractivity contribution < 1.29 is 15.0 Å². The van der Waals surface area contributed by atoms with Gasteiger partial charge < -0.3 is 10.1 Å². The van der Waals surface area contributed by atoms with Crippen molar-refractivity contribution in [2.24, 2.45) is 4.99 Å². The highest BCUT2D eigenvalue weighted by atomic mass is 32.1. The minimum Gasteiger partial charge on any atom is -0.494 e. The Balaban J connectivity index is 2.47. The van der Waals surface area contributed by atoms with E-state index >= 15 is 0 Å². The molecule has 0 spiro atoms. The molecular formula is C11H7N5O6S. The van der Waals surface area contributed by atoms with Crippen molar-refractivity contribution in [2.75, 3.05) is 0 Å². The molecule has 118 valence electrons. The SMILES string of the molecule is O=c1[nH]c(=S)[nH]c(O)c1C=Nc1ccc([N+](=O)[O-])c([N+](=O)[O-])c1. The fraction of sp³-hybridized carbons (Fsp3) is 0. The molecule has 0 unspecified atom stereocenters. The van der Waals surface area contributed by atoms with Gasteiger partial charge in [-0.2, -0.15) is 0 Å². The zero-order valence-electron chi connectivity index (χ0n) is 11.0. The van der Waals surface area contributed by atoms with Crippen molar-refractivity contribution >= 4 is 35.5 Å². The largest absolute Gasteiger partial charge is 0.494 e. The number of nitrogens with zero attached hydrogens (tertiary/aromatic N) is 3. The molecule has 0 fully saturated rings. The Morgan fingerprint density at radius 1 is 1.17 bits per heavy atom. The predicted octanol–water partition coefficient (Wildman–Crippen LogP) is 1.71. The minimum absolute atomic E-state index is 0.0106. The first-order valence-electron chi connectivity index (χ1n) is 5.82. The van der Waals surface area contributed by atoms with E-state index in [-0.39, 0.29) is 16.0 Å². The third kappa shape index (κ3) is 3.44. The first-order chi connectivity index (χ1) is 10.8. The Morgan fingerprint density at radius 2 is 1.83 bits per heavy atom. The molecule has 1 aromatic heterocycles. The second-order valence-electron chi connectivity index (χ2n) is 4.12. The van der Waals surface area contributed by atoms with Crippen molar-refractivity contribution in [3.63, 3.8) is 0 Å². The number of nitrogens with one attached hydrogen (secondary N) is 2. The molecule has 0 bridgehead atoms. The van der Waals surface area contributed by atoms with Crippen molar-refractivity contribution in [1.29, 1.82) is 0 Å². The van der Waals surface area contributed by atoms with Crippen LogP contribution in [0.4, 0.5) is 17.1 Å². The van der Waals surface area contributed by atoms with E-state index in [1.54, 1.807) is 0 Å². The quantitative estimate of drug-likeness (QED) is 0.330. The Kier molecular flexibility index (Phi) is 4.27. The first-order valence-corrected chi connectivity index (χ1v) is 6.23. The Hall–Kier alpha value is -3.41. The summed E-state index contributed by atoms with van der Waals surface area (Å²) in [6.45, 7) is 0. The monoisotopic (exact) mass is 337 g/mol. The fourth-order valence-electron chi connectivity index (χ4n) is 1.64. The lowest BCUT2D eigenvalue weighted by atomic mass is 10.2. The number of nitro groups is 2. The number of rotatable bonds is 4. The molecule has 0 radical (unpaired) electrons. The van der Waals surface area contributed by atoms with Crippen LogP contribution in [0.1, 0.15) is 5.56 Å². The van der Waals surface area contributed by atoms with E-state index in [0.717, 1.165) is 24.4 Å². The number of aliphatic imine (C=N–C) groups is 1. The lowest BCUT2D eigenvalue weighted by Gasteiger charge is -1.98. The van der Waals surface area contributed by atoms with Crippen LogP contribution in [0.25, 0.3) is 0 Å². The summed E-state index contributed by atoms with van der Waals surface area (Å²) in [4.78, 5) is 39.7. The Morgan fingerprint density at radius 3 is 2.39 bits per heavy atom. The maximum atomic E-state index is 11.6. The lowest BCUT2D eigenvalue weighted by molar-refractivity contribution is -0.422. The van der Waals surface area contributed by atoms with Gasteiger partial charge in [-0.05, 0) is 18.3 Å². The van der Waals surface area contributed by atoms with Crippen LogP contribution in [0.3, 0.4) is 0 Å². The molecule has 0 saturated heterocycles. The van der Waals surface area contributed by atoms with Gasteiger partial charge in [0.1, 0.15) is 5.56 Å². The zero-order valence-corrected chi connectivity index (χ0v) is 11.9. The molecule has 0 saturated carbocycles. The van der Waals surface area contributed by atoms with E-state index in [1.807, 2.05) is 0 Å². The van der Waals surface area contributed by atoms with Crippen LogP contribution in [0.5, 0.6) is 5.88 Å². The van der Waals surface area contributed by atoms with Crippen LogP contribution in [0.2, 0.25) is 0 Å². The first kappa shape index (κ1) is 16.0. The molecular weight excluding hydrogens is 330 g/mol. The normalized spacial score (nSPS) is 10.8. The summed E-state index contributed by atoms with van der Waals surface area (Å²) >= 11 is 4.65. The van der Waals surface area contributed by atoms with Crippen LogP contribution >= 0.6 is 12.2 Å². The second kappa shape index (κ2) is 6.15. The summed E-state index contributed by atoms with van der Waals surface area (Å²) in [5.41, 5.74) is -2.40. The third-order valence-electron chi connectivity index (χ3n) is 2.65. The predicted molar refractivity (Wildman–Crippen MR) is 80.9 cm³/mol. The summed E-state index contributed by atoms with van der Waals surface area (Å²) in [7, 11) is 0. The van der Waals surface area contributed by atoms with Crippen LogP contribution in [-0.2, 0) is 0 Å². The van der Waals surface area contributed by atoms with Crippen LogP contribution in [0, 0.1) is 25.0 Å². The van der Waals surface area contributed by atoms with Gasteiger partial charge in [-0.15, -0.1) is 0 Å². The molecule has 11 nitrogen and oxygen atoms in total. The maximum Gasteiger partial charge on any atom is 0.348 e. The van der Waals surface area contributed by atoms with E-state index in [2.05, 4.69) is 27.2 Å². The van der Waals surface area contributed by atoms with Gasteiger partial charge in [0.05, 0.1) is 15.5 Å². The highest BCUT2D eigenvalue weighted by Gasteiger charge is 2.23.